The largest absolute Gasteiger partial charge is 0.460 e. The summed E-state index contributed by atoms with van der Waals surface area (Å²) in [6, 6.07) is 0. The van der Waals surface area contributed by atoms with Gasteiger partial charge in [-0.1, -0.05) is 19.7 Å². The Balaban J connectivity index is 3.61. The van der Waals surface area contributed by atoms with Crippen LogP contribution in [0.25, 0.3) is 0 Å². The number of carbonyl (C=O) groups excluding carboxylic acids is 6. The minimum atomic E-state index is -0.651. The fourth-order valence-corrected chi connectivity index (χ4v) is 3.35. The number of amides is 3. The first kappa shape index (κ1) is 43.4. The van der Waals surface area contributed by atoms with Crippen molar-refractivity contribution >= 4 is 53.5 Å². The van der Waals surface area contributed by atoms with Crippen molar-refractivity contribution in [1.29, 1.82) is 0 Å². The van der Waals surface area contributed by atoms with Crippen LogP contribution in [0, 0.1) is 0 Å². The lowest BCUT2D eigenvalue weighted by atomic mass is 10.5. The summed E-state index contributed by atoms with van der Waals surface area (Å²) >= 11 is 0. The second-order valence-corrected chi connectivity index (χ2v) is 9.58. The van der Waals surface area contributed by atoms with Crippen molar-refractivity contribution in [3.63, 3.8) is 0 Å². The Morgan fingerprint density at radius 3 is 0.980 bits per heavy atom. The Morgan fingerprint density at radius 1 is 0.510 bits per heavy atom. The molecule has 0 saturated carbocycles. The predicted octanol–water partition coefficient (Wildman–Crippen LogP) is -2.36. The van der Waals surface area contributed by atoms with Crippen LogP contribution < -0.4 is 30.7 Å². The van der Waals surface area contributed by atoms with Crippen LogP contribution in [0.3, 0.4) is 0 Å². The number of carbonyl (C=O) groups is 6. The van der Waals surface area contributed by atoms with Crippen LogP contribution >= 0.6 is 0 Å². The van der Waals surface area contributed by atoms with Crippen molar-refractivity contribution in [2.45, 2.75) is 0 Å². The lowest BCUT2D eigenvalue weighted by Gasteiger charge is -2.28. The number of hydrogen-bond donors (Lipinski definition) is 3. The zero-order valence-corrected chi connectivity index (χ0v) is 28.9. The Morgan fingerprint density at radius 2 is 0.765 bits per heavy atom. The average molecular weight is 724 g/mol. The van der Waals surface area contributed by atoms with Crippen LogP contribution in [0.1, 0.15) is 0 Å². The minimum Gasteiger partial charge on any atom is -0.460 e. The van der Waals surface area contributed by atoms with Gasteiger partial charge in [-0.15, -0.1) is 0 Å². The van der Waals surface area contributed by atoms with Crippen molar-refractivity contribution < 1.29 is 57.2 Å². The highest BCUT2D eigenvalue weighted by molar-refractivity contribution is 5.83. The number of ether oxygens (including phenoxy) is 6. The number of likely N-dealkylation sites (N-methyl/N-ethyl adjacent to an activating group) is 3. The van der Waals surface area contributed by atoms with Gasteiger partial charge in [-0.25, -0.2) is 14.4 Å². The van der Waals surface area contributed by atoms with Gasteiger partial charge in [0, 0.05) is 39.4 Å². The summed E-state index contributed by atoms with van der Waals surface area (Å²) in [5.41, 5.74) is 0. The summed E-state index contributed by atoms with van der Waals surface area (Å²) in [5.74, 6) is -3.73. The summed E-state index contributed by atoms with van der Waals surface area (Å²) < 4.78 is 31.7. The first-order valence-electron chi connectivity index (χ1n) is 15.2. The molecule has 0 aliphatic heterocycles. The van der Waals surface area contributed by atoms with E-state index >= 15 is 0 Å². The van der Waals surface area contributed by atoms with Crippen molar-refractivity contribution in [2.75, 3.05) is 115 Å². The van der Waals surface area contributed by atoms with Gasteiger partial charge in [0.15, 0.2) is 0 Å². The Labute approximate surface area is 294 Å². The number of rotatable bonds is 27. The van der Waals surface area contributed by atoms with Gasteiger partial charge < -0.3 is 59.1 Å². The molecule has 21 heteroatoms. The summed E-state index contributed by atoms with van der Waals surface area (Å²) in [5, 5.41) is 7.49. The fourth-order valence-electron chi connectivity index (χ4n) is 3.35. The molecular weight excluding hydrogens is 678 g/mol. The second-order valence-electron chi connectivity index (χ2n) is 9.58. The molecule has 0 aromatic carbocycles. The molecule has 51 heavy (non-hydrogen) atoms. The Kier molecular flexibility index (Phi) is 21.5. The monoisotopic (exact) mass is 723 g/mol. The van der Waals surface area contributed by atoms with E-state index in [9.17, 15) is 28.8 Å². The van der Waals surface area contributed by atoms with Crippen LogP contribution in [0.4, 0.5) is 17.8 Å². The Hall–Kier alpha value is -5.67. The summed E-state index contributed by atoms with van der Waals surface area (Å²) in [6.07, 6.45) is 2.99. The number of esters is 3. The average Bonchev–Trinajstić information content (AvgIpc) is 3.14. The molecule has 0 spiro atoms. The van der Waals surface area contributed by atoms with E-state index in [1.165, 1.54) is 35.8 Å². The molecule has 0 radical (unpaired) electrons. The topological polar surface area (TPSA) is 242 Å². The van der Waals surface area contributed by atoms with Gasteiger partial charge in [0.25, 0.3) is 0 Å². The van der Waals surface area contributed by atoms with Gasteiger partial charge in [0.05, 0.1) is 19.8 Å². The second kappa shape index (κ2) is 25.3. The van der Waals surface area contributed by atoms with E-state index in [4.69, 9.17) is 28.4 Å². The first-order chi connectivity index (χ1) is 24.5. The zero-order chi connectivity index (χ0) is 38.0. The van der Waals surface area contributed by atoms with Crippen LogP contribution in [0.15, 0.2) is 38.0 Å². The highest BCUT2D eigenvalue weighted by atomic mass is 16.6. The van der Waals surface area contributed by atoms with Crippen LogP contribution in [-0.2, 0) is 57.2 Å². The number of anilines is 3. The molecule has 0 saturated heterocycles. The highest BCUT2D eigenvalue weighted by Crippen LogP contribution is 2.20. The molecule has 1 aromatic heterocycles. The van der Waals surface area contributed by atoms with Gasteiger partial charge in [0.2, 0.25) is 35.6 Å². The van der Waals surface area contributed by atoms with E-state index < -0.39 is 35.6 Å². The third kappa shape index (κ3) is 18.1. The van der Waals surface area contributed by atoms with Crippen molar-refractivity contribution in [1.82, 2.24) is 30.9 Å². The van der Waals surface area contributed by atoms with E-state index in [1.54, 1.807) is 0 Å². The molecule has 0 atom stereocenters. The number of aromatic nitrogens is 3. The highest BCUT2D eigenvalue weighted by Gasteiger charge is 2.24. The van der Waals surface area contributed by atoms with Gasteiger partial charge >= 0.3 is 17.9 Å². The quantitative estimate of drug-likeness (QED) is 0.0283. The number of hydrogen-bond acceptors (Lipinski definition) is 18. The van der Waals surface area contributed by atoms with Crippen LogP contribution in [0.5, 0.6) is 0 Å². The number of nitrogens with zero attached hydrogens (tertiary/aromatic N) is 6. The smallest absolute Gasteiger partial charge is 0.330 e. The van der Waals surface area contributed by atoms with Crippen molar-refractivity contribution in [3.05, 3.63) is 38.0 Å². The molecule has 282 valence electrons. The van der Waals surface area contributed by atoms with Gasteiger partial charge in [0.1, 0.15) is 59.6 Å². The molecule has 1 aromatic rings. The lowest BCUT2D eigenvalue weighted by Crippen LogP contribution is -2.42. The van der Waals surface area contributed by atoms with E-state index in [2.05, 4.69) is 50.6 Å². The maximum atomic E-state index is 12.6. The van der Waals surface area contributed by atoms with Crippen molar-refractivity contribution in [2.24, 2.45) is 0 Å². The van der Waals surface area contributed by atoms with Crippen LogP contribution in [0.2, 0.25) is 0 Å². The molecule has 1 heterocycles. The SMILES string of the molecule is C=CC(=O)OCCOCN(CC(=O)NC)c1nc(N(COCCOC(=O)C=C)CC(=O)NC)nc(N(COCCOC(=O)C=C)CC(=O)NC)n1. The molecule has 21 nitrogen and oxygen atoms in total. The van der Waals surface area contributed by atoms with Crippen LogP contribution in [-0.4, -0.2) is 151 Å². The molecular formula is C30H45N9O12. The van der Waals surface area contributed by atoms with E-state index in [1.807, 2.05) is 0 Å². The predicted molar refractivity (Wildman–Crippen MR) is 180 cm³/mol. The third-order valence-corrected chi connectivity index (χ3v) is 5.95. The van der Waals surface area contributed by atoms with Gasteiger partial charge in [-0.05, 0) is 0 Å². The zero-order valence-electron chi connectivity index (χ0n) is 28.9. The summed E-state index contributed by atoms with van der Waals surface area (Å²) in [6.45, 7) is 7.55. The van der Waals surface area contributed by atoms with E-state index in [0.717, 1.165) is 18.2 Å². The molecule has 0 bridgehead atoms. The van der Waals surface area contributed by atoms with Gasteiger partial charge in [-0.3, -0.25) is 14.4 Å². The van der Waals surface area contributed by atoms with E-state index in [-0.39, 0.29) is 97.3 Å². The fraction of sp³-hybridized carbons (Fsp3) is 0.500. The molecule has 0 aliphatic rings. The molecule has 1 rings (SSSR count). The maximum absolute atomic E-state index is 12.6. The van der Waals surface area contributed by atoms with E-state index in [0.29, 0.717) is 0 Å². The first-order valence-corrected chi connectivity index (χ1v) is 15.2. The summed E-state index contributed by atoms with van der Waals surface area (Å²) in [4.78, 5) is 89.3. The molecule has 0 aliphatic carbocycles. The maximum Gasteiger partial charge on any atom is 0.330 e. The van der Waals surface area contributed by atoms with Gasteiger partial charge in [-0.2, -0.15) is 15.0 Å². The molecule has 0 unspecified atom stereocenters. The lowest BCUT2D eigenvalue weighted by molar-refractivity contribution is -0.140. The third-order valence-electron chi connectivity index (χ3n) is 5.95. The standard InChI is InChI=1S/C30H45N9O12/c1-7-25(43)49-13-10-46-19-37(16-22(40)31-4)28-34-29(38(17-23(41)32-5)20-47-11-14-50-26(44)8-2)36-30(35-28)39(18-24(42)33-6)21-48-12-15-51-27(45)9-3/h7-9H,1-3,10-21H2,4-6H3,(H,31,40)(H,32,41)(H,33,42). The Bertz CT molecular complexity index is 1180. The summed E-state index contributed by atoms with van der Waals surface area (Å²) in [7, 11) is 4.26. The van der Waals surface area contributed by atoms with Crippen molar-refractivity contribution in [3.8, 4) is 0 Å². The molecule has 3 amide bonds. The number of nitrogens with one attached hydrogen (secondary N) is 3. The normalized spacial score (nSPS) is 10.2. The minimum absolute atomic E-state index is 0.0747. The molecule has 0 fully saturated rings. The molecule has 3 N–H and O–H groups in total.